The highest BCUT2D eigenvalue weighted by Gasteiger charge is 2.34. The molecule has 0 saturated carbocycles. The van der Waals surface area contributed by atoms with Crippen molar-refractivity contribution >= 4 is 29.1 Å². The van der Waals surface area contributed by atoms with Crippen molar-refractivity contribution in [1.82, 2.24) is 0 Å². The fourth-order valence-corrected chi connectivity index (χ4v) is 3.54. The van der Waals surface area contributed by atoms with Crippen LogP contribution in [-0.2, 0) is 9.53 Å². The van der Waals surface area contributed by atoms with E-state index in [0.29, 0.717) is 28.4 Å². The highest BCUT2D eigenvalue weighted by molar-refractivity contribution is 6.01. The van der Waals surface area contributed by atoms with E-state index >= 15 is 0 Å². The molecule has 188 valence electrons. The van der Waals surface area contributed by atoms with Gasteiger partial charge in [-0.1, -0.05) is 68.5 Å². The number of carbonyl (C=O) groups excluding carboxylic acids is 2. The number of benzene rings is 3. The number of rotatable bonds is 10. The van der Waals surface area contributed by atoms with Crippen LogP contribution < -0.4 is 21.1 Å². The Morgan fingerprint density at radius 3 is 2.36 bits per heavy atom. The Morgan fingerprint density at radius 1 is 0.972 bits per heavy atom. The van der Waals surface area contributed by atoms with Crippen molar-refractivity contribution in [3.05, 3.63) is 96.6 Å². The van der Waals surface area contributed by atoms with Crippen LogP contribution in [0.2, 0.25) is 0 Å². The molecule has 0 fully saturated rings. The van der Waals surface area contributed by atoms with Gasteiger partial charge < -0.3 is 25.6 Å². The van der Waals surface area contributed by atoms with E-state index in [0.717, 1.165) is 0 Å². The first-order valence-corrected chi connectivity index (χ1v) is 11.5. The lowest BCUT2D eigenvalue weighted by Gasteiger charge is -2.32. The zero-order valence-corrected chi connectivity index (χ0v) is 20.3. The van der Waals surface area contributed by atoms with Crippen molar-refractivity contribution in [1.29, 1.82) is 0 Å². The van der Waals surface area contributed by atoms with Gasteiger partial charge in [0.2, 0.25) is 5.91 Å². The Kier molecular flexibility index (Phi) is 9.07. The van der Waals surface area contributed by atoms with Gasteiger partial charge in [0.05, 0.1) is 18.0 Å². The van der Waals surface area contributed by atoms with Gasteiger partial charge in [0.15, 0.2) is 0 Å². The molecule has 0 aliphatic rings. The number of hydrogen-bond acceptors (Lipinski definition) is 6. The third-order valence-electron chi connectivity index (χ3n) is 5.35. The van der Waals surface area contributed by atoms with Crippen molar-refractivity contribution in [3.8, 4) is 5.75 Å². The van der Waals surface area contributed by atoms with E-state index in [1.54, 1.807) is 78.9 Å². The van der Waals surface area contributed by atoms with Gasteiger partial charge in [-0.25, -0.2) is 4.79 Å². The highest BCUT2D eigenvalue weighted by Crippen LogP contribution is 2.42. The number of nitrogens with one attached hydrogen (secondary N) is 2. The number of hydrogen-bond donors (Lipinski definition) is 4. The third-order valence-corrected chi connectivity index (χ3v) is 5.35. The van der Waals surface area contributed by atoms with Crippen LogP contribution in [0.25, 0.3) is 0 Å². The topological polar surface area (TPSA) is 123 Å². The molecule has 3 rings (SSSR count). The molecule has 8 heteroatoms. The average molecular weight is 490 g/mol. The summed E-state index contributed by atoms with van der Waals surface area (Å²) in [5, 5.41) is 14.7. The lowest BCUT2D eigenvalue weighted by molar-refractivity contribution is -0.112. The molecule has 2 amide bonds. The number of anilines is 3. The van der Waals surface area contributed by atoms with Crippen LogP contribution in [0.5, 0.6) is 5.75 Å². The smallest absolute Gasteiger partial charge is 0.412 e. The van der Waals surface area contributed by atoms with Gasteiger partial charge >= 0.3 is 6.09 Å². The Morgan fingerprint density at radius 2 is 1.64 bits per heavy atom. The molecule has 3 aromatic carbocycles. The lowest BCUT2D eigenvalue weighted by atomic mass is 9.81. The number of aliphatic hydroxyl groups excluding tert-OH is 1. The second-order valence-electron chi connectivity index (χ2n) is 8.62. The molecule has 0 aliphatic heterocycles. The van der Waals surface area contributed by atoms with Gasteiger partial charge in [0, 0.05) is 16.7 Å². The molecule has 0 unspecified atom stereocenters. The minimum atomic E-state index is -0.841. The van der Waals surface area contributed by atoms with Crippen LogP contribution in [0.1, 0.15) is 25.5 Å². The van der Waals surface area contributed by atoms with E-state index in [9.17, 15) is 14.7 Å². The van der Waals surface area contributed by atoms with Crippen LogP contribution in [0.3, 0.4) is 0 Å². The minimum Gasteiger partial charge on any atom is -0.491 e. The summed E-state index contributed by atoms with van der Waals surface area (Å²) < 4.78 is 11.6. The summed E-state index contributed by atoms with van der Waals surface area (Å²) >= 11 is 0. The number of nitrogens with two attached hydrogens (primary N) is 1. The summed E-state index contributed by atoms with van der Waals surface area (Å²) in [4.78, 5) is 25.5. The molecule has 0 spiro atoms. The molecule has 0 aliphatic carbocycles. The van der Waals surface area contributed by atoms with Crippen molar-refractivity contribution in [3.63, 3.8) is 0 Å². The fourth-order valence-electron chi connectivity index (χ4n) is 3.54. The summed E-state index contributed by atoms with van der Waals surface area (Å²) in [6.07, 6.45) is 1.56. The number of para-hydroxylation sites is 4. The van der Waals surface area contributed by atoms with E-state index in [2.05, 4.69) is 10.6 Å². The Bertz CT molecular complexity index is 1190. The summed E-state index contributed by atoms with van der Waals surface area (Å²) in [6.45, 7) is 3.60. The first-order valence-electron chi connectivity index (χ1n) is 11.5. The van der Waals surface area contributed by atoms with Crippen molar-refractivity contribution in [2.75, 3.05) is 29.6 Å². The van der Waals surface area contributed by atoms with Gasteiger partial charge in [0.1, 0.15) is 18.5 Å². The number of aliphatic hydroxyl groups is 1. The second kappa shape index (κ2) is 12.4. The molecule has 0 aromatic heterocycles. The van der Waals surface area contributed by atoms with Crippen LogP contribution in [0, 0.1) is 5.41 Å². The number of carbonyl (C=O) groups is 2. The first kappa shape index (κ1) is 26.3. The van der Waals surface area contributed by atoms with Crippen LogP contribution in [-0.4, -0.2) is 30.3 Å². The SMILES string of the molecule is CC(C)(/C=C/C(=O)Nc1ccccc1N)[C@H](OC(=O)Nc1ccccc1)c1ccccc1OCCO. The van der Waals surface area contributed by atoms with Crippen molar-refractivity contribution in [2.24, 2.45) is 5.41 Å². The summed E-state index contributed by atoms with van der Waals surface area (Å²) in [5.41, 5.74) is 7.20. The standard InChI is InChI=1S/C28H31N3O5/c1-28(2,17-16-25(33)31-23-14-8-7-13-22(23)29)26(21-12-6-9-15-24(21)35-19-18-32)36-27(34)30-20-10-4-3-5-11-20/h3-17,26,32H,18-19,29H2,1-2H3,(H,30,34)(H,31,33)/b17-16+/t26-/m1/s1. The normalized spacial score (nSPS) is 12.1. The number of nitrogen functional groups attached to an aromatic ring is 1. The predicted octanol–water partition coefficient (Wildman–Crippen LogP) is 5.15. The van der Waals surface area contributed by atoms with Crippen LogP contribution >= 0.6 is 0 Å². The Balaban J connectivity index is 1.87. The largest absolute Gasteiger partial charge is 0.491 e. The van der Waals surface area contributed by atoms with Crippen molar-refractivity contribution in [2.45, 2.75) is 20.0 Å². The second-order valence-corrected chi connectivity index (χ2v) is 8.62. The molecule has 0 saturated heterocycles. The molecular formula is C28H31N3O5. The number of ether oxygens (including phenoxy) is 2. The number of amides is 2. The van der Waals surface area contributed by atoms with Crippen LogP contribution in [0.4, 0.5) is 21.9 Å². The van der Waals surface area contributed by atoms with Gasteiger partial charge in [0.25, 0.3) is 0 Å². The summed E-state index contributed by atoms with van der Waals surface area (Å²) in [6, 6.07) is 23.0. The predicted molar refractivity (Wildman–Crippen MR) is 141 cm³/mol. The maximum absolute atomic E-state index is 12.9. The maximum atomic E-state index is 12.9. The van der Waals surface area contributed by atoms with E-state index < -0.39 is 17.6 Å². The molecule has 0 bridgehead atoms. The molecule has 36 heavy (non-hydrogen) atoms. The summed E-state index contributed by atoms with van der Waals surface area (Å²) in [7, 11) is 0. The molecule has 5 N–H and O–H groups in total. The van der Waals surface area contributed by atoms with Gasteiger partial charge in [-0.3, -0.25) is 10.1 Å². The third kappa shape index (κ3) is 7.35. The van der Waals surface area contributed by atoms with E-state index in [1.807, 2.05) is 19.9 Å². The van der Waals surface area contributed by atoms with Gasteiger partial charge in [-0.05, 0) is 36.4 Å². The summed E-state index contributed by atoms with van der Waals surface area (Å²) in [5.74, 6) is 0.0883. The monoisotopic (exact) mass is 489 g/mol. The minimum absolute atomic E-state index is 0.0805. The quantitative estimate of drug-likeness (QED) is 0.231. The molecular weight excluding hydrogens is 458 g/mol. The Hall–Kier alpha value is -4.30. The van der Waals surface area contributed by atoms with Crippen LogP contribution in [0.15, 0.2) is 91.0 Å². The molecule has 0 heterocycles. The van der Waals surface area contributed by atoms with E-state index in [1.165, 1.54) is 6.08 Å². The average Bonchev–Trinajstić information content (AvgIpc) is 2.87. The zero-order valence-electron chi connectivity index (χ0n) is 20.3. The lowest BCUT2D eigenvalue weighted by Crippen LogP contribution is -2.28. The van der Waals surface area contributed by atoms with E-state index in [4.69, 9.17) is 15.2 Å². The fraction of sp³-hybridized carbons (Fsp3) is 0.214. The van der Waals surface area contributed by atoms with Gasteiger partial charge in [-0.2, -0.15) is 0 Å². The van der Waals surface area contributed by atoms with Crippen molar-refractivity contribution < 1.29 is 24.2 Å². The molecule has 3 aromatic rings. The molecule has 8 nitrogen and oxygen atoms in total. The zero-order chi connectivity index (χ0) is 26.0. The highest BCUT2D eigenvalue weighted by atomic mass is 16.6. The Labute approximate surface area is 210 Å². The van der Waals surface area contributed by atoms with E-state index in [-0.39, 0.29) is 19.1 Å². The molecule has 1 atom stereocenters. The van der Waals surface area contributed by atoms with Gasteiger partial charge in [-0.15, -0.1) is 0 Å². The first-order chi connectivity index (χ1) is 17.3. The molecule has 0 radical (unpaired) electrons. The maximum Gasteiger partial charge on any atom is 0.412 e.